The molecule has 2 aliphatic heterocycles. The van der Waals surface area contributed by atoms with Crippen LogP contribution in [-0.2, 0) is 6.54 Å². The molecule has 0 bridgehead atoms. The highest BCUT2D eigenvalue weighted by molar-refractivity contribution is 5.16. The summed E-state index contributed by atoms with van der Waals surface area (Å²) in [6.07, 6.45) is 3.92. The van der Waals surface area contributed by atoms with E-state index in [9.17, 15) is 4.39 Å². The molecule has 1 aromatic rings. The molecule has 0 aliphatic carbocycles. The molecule has 0 amide bonds. The van der Waals surface area contributed by atoms with Crippen LogP contribution in [0.2, 0.25) is 0 Å². The maximum absolute atomic E-state index is 13.2. The van der Waals surface area contributed by atoms with Gasteiger partial charge in [0.2, 0.25) is 0 Å². The molecule has 2 heterocycles. The highest BCUT2D eigenvalue weighted by Crippen LogP contribution is 2.22. The maximum atomic E-state index is 13.2. The van der Waals surface area contributed by atoms with E-state index in [0.29, 0.717) is 0 Å². The Morgan fingerprint density at radius 2 is 2.06 bits per heavy atom. The SMILES string of the molecule is Fc1cccc(CN2CCCN3CCCC3C2)c1. The molecule has 0 radical (unpaired) electrons. The molecule has 1 aromatic carbocycles. The van der Waals surface area contributed by atoms with Crippen LogP contribution >= 0.6 is 0 Å². The number of benzene rings is 1. The molecule has 2 fully saturated rings. The number of nitrogens with zero attached hydrogens (tertiary/aromatic N) is 2. The lowest BCUT2D eigenvalue weighted by molar-refractivity contribution is 0.215. The van der Waals surface area contributed by atoms with E-state index in [1.165, 1.54) is 38.4 Å². The van der Waals surface area contributed by atoms with Gasteiger partial charge >= 0.3 is 0 Å². The van der Waals surface area contributed by atoms with Crippen molar-refractivity contribution in [3.8, 4) is 0 Å². The zero-order valence-corrected chi connectivity index (χ0v) is 10.8. The summed E-state index contributed by atoms with van der Waals surface area (Å²) in [4.78, 5) is 5.12. The van der Waals surface area contributed by atoms with E-state index in [1.807, 2.05) is 12.1 Å². The van der Waals surface area contributed by atoms with Crippen LogP contribution in [0.5, 0.6) is 0 Å². The van der Waals surface area contributed by atoms with E-state index in [-0.39, 0.29) is 5.82 Å². The van der Waals surface area contributed by atoms with Gasteiger partial charge in [0, 0.05) is 19.1 Å². The van der Waals surface area contributed by atoms with Gasteiger partial charge in [0.05, 0.1) is 0 Å². The summed E-state index contributed by atoms with van der Waals surface area (Å²) in [5, 5.41) is 0. The minimum absolute atomic E-state index is 0.121. The van der Waals surface area contributed by atoms with Crippen LogP contribution in [0.15, 0.2) is 24.3 Å². The maximum Gasteiger partial charge on any atom is 0.123 e. The molecule has 18 heavy (non-hydrogen) atoms. The summed E-state index contributed by atoms with van der Waals surface area (Å²) >= 11 is 0. The average Bonchev–Trinajstić information content (AvgIpc) is 2.69. The van der Waals surface area contributed by atoms with Gasteiger partial charge in [-0.1, -0.05) is 12.1 Å². The van der Waals surface area contributed by atoms with E-state index in [1.54, 1.807) is 6.07 Å². The van der Waals surface area contributed by atoms with Gasteiger partial charge in [-0.2, -0.15) is 0 Å². The Hall–Kier alpha value is -0.930. The van der Waals surface area contributed by atoms with Crippen molar-refractivity contribution < 1.29 is 4.39 Å². The van der Waals surface area contributed by atoms with E-state index in [4.69, 9.17) is 0 Å². The lowest BCUT2D eigenvalue weighted by atomic mass is 10.1. The first-order valence-corrected chi connectivity index (χ1v) is 7.02. The topological polar surface area (TPSA) is 6.48 Å². The zero-order valence-electron chi connectivity index (χ0n) is 10.8. The Labute approximate surface area is 108 Å². The quantitative estimate of drug-likeness (QED) is 0.793. The summed E-state index contributed by atoms with van der Waals surface area (Å²) in [5.74, 6) is -0.121. The second-order valence-corrected chi connectivity index (χ2v) is 5.55. The molecular formula is C15H21FN2. The fourth-order valence-corrected chi connectivity index (χ4v) is 3.32. The highest BCUT2D eigenvalue weighted by atomic mass is 19.1. The van der Waals surface area contributed by atoms with Gasteiger partial charge in [-0.05, 0) is 56.6 Å². The summed E-state index contributed by atoms with van der Waals surface area (Å²) in [5.41, 5.74) is 1.10. The van der Waals surface area contributed by atoms with Crippen molar-refractivity contribution in [1.82, 2.24) is 9.80 Å². The summed E-state index contributed by atoms with van der Waals surface area (Å²) in [7, 11) is 0. The predicted octanol–water partition coefficient (Wildman–Crippen LogP) is 2.50. The van der Waals surface area contributed by atoms with Crippen molar-refractivity contribution >= 4 is 0 Å². The Balaban J connectivity index is 1.65. The van der Waals surface area contributed by atoms with Crippen LogP contribution in [0.4, 0.5) is 4.39 Å². The van der Waals surface area contributed by atoms with Crippen molar-refractivity contribution in [2.45, 2.75) is 31.8 Å². The van der Waals surface area contributed by atoms with Crippen LogP contribution in [-0.4, -0.2) is 42.0 Å². The first kappa shape index (κ1) is 12.1. The van der Waals surface area contributed by atoms with Gasteiger partial charge < -0.3 is 0 Å². The van der Waals surface area contributed by atoms with E-state index >= 15 is 0 Å². The third-order valence-electron chi connectivity index (χ3n) is 4.18. The highest BCUT2D eigenvalue weighted by Gasteiger charge is 2.28. The van der Waals surface area contributed by atoms with Crippen LogP contribution in [0, 0.1) is 5.82 Å². The number of halogens is 1. The van der Waals surface area contributed by atoms with Crippen LogP contribution in [0.3, 0.4) is 0 Å². The lowest BCUT2D eigenvalue weighted by Gasteiger charge is -2.25. The first-order chi connectivity index (χ1) is 8.81. The Bertz CT molecular complexity index is 407. The fraction of sp³-hybridized carbons (Fsp3) is 0.600. The minimum Gasteiger partial charge on any atom is -0.299 e. The normalized spacial score (nSPS) is 25.9. The number of hydrogen-bond donors (Lipinski definition) is 0. The van der Waals surface area contributed by atoms with Crippen LogP contribution in [0.25, 0.3) is 0 Å². The van der Waals surface area contributed by atoms with Crippen molar-refractivity contribution in [3.63, 3.8) is 0 Å². The van der Waals surface area contributed by atoms with Gasteiger partial charge in [0.25, 0.3) is 0 Å². The molecule has 1 atom stereocenters. The lowest BCUT2D eigenvalue weighted by Crippen LogP contribution is -2.36. The number of rotatable bonds is 2. The standard InChI is InChI=1S/C15H21FN2/c16-14-5-1-4-13(10-14)11-17-7-3-9-18-8-2-6-15(18)12-17/h1,4-5,10,15H,2-3,6-9,11-12H2. The van der Waals surface area contributed by atoms with Gasteiger partial charge in [-0.25, -0.2) is 4.39 Å². The van der Waals surface area contributed by atoms with Gasteiger partial charge in [0.15, 0.2) is 0 Å². The summed E-state index contributed by atoms with van der Waals surface area (Å²) in [6, 6.07) is 7.76. The van der Waals surface area contributed by atoms with E-state index < -0.39 is 0 Å². The van der Waals surface area contributed by atoms with Crippen LogP contribution in [0.1, 0.15) is 24.8 Å². The van der Waals surface area contributed by atoms with Crippen molar-refractivity contribution in [1.29, 1.82) is 0 Å². The molecule has 3 rings (SSSR count). The minimum atomic E-state index is -0.121. The van der Waals surface area contributed by atoms with Gasteiger partial charge in [-0.15, -0.1) is 0 Å². The molecule has 0 saturated carbocycles. The fourth-order valence-electron chi connectivity index (χ4n) is 3.32. The molecule has 0 N–H and O–H groups in total. The van der Waals surface area contributed by atoms with Crippen LogP contribution < -0.4 is 0 Å². The third kappa shape index (κ3) is 2.73. The van der Waals surface area contributed by atoms with Crippen molar-refractivity contribution in [2.75, 3.05) is 26.2 Å². The second kappa shape index (κ2) is 5.37. The van der Waals surface area contributed by atoms with Gasteiger partial charge in [-0.3, -0.25) is 9.80 Å². The summed E-state index contributed by atoms with van der Waals surface area (Å²) in [6.45, 7) is 5.70. The average molecular weight is 248 g/mol. The number of hydrogen-bond acceptors (Lipinski definition) is 2. The molecule has 0 aromatic heterocycles. The molecule has 2 nitrogen and oxygen atoms in total. The molecule has 3 heteroatoms. The summed E-state index contributed by atoms with van der Waals surface area (Å²) < 4.78 is 13.2. The van der Waals surface area contributed by atoms with Gasteiger partial charge in [0.1, 0.15) is 5.82 Å². The third-order valence-corrected chi connectivity index (χ3v) is 4.18. The Kier molecular flexibility index (Phi) is 3.62. The Morgan fingerprint density at radius 3 is 2.94 bits per heavy atom. The molecule has 2 saturated heterocycles. The zero-order chi connectivity index (χ0) is 12.4. The second-order valence-electron chi connectivity index (χ2n) is 5.55. The molecule has 0 spiro atoms. The monoisotopic (exact) mass is 248 g/mol. The smallest absolute Gasteiger partial charge is 0.123 e. The largest absolute Gasteiger partial charge is 0.299 e. The van der Waals surface area contributed by atoms with E-state index in [2.05, 4.69) is 9.80 Å². The van der Waals surface area contributed by atoms with E-state index in [0.717, 1.165) is 31.2 Å². The predicted molar refractivity (Wildman–Crippen MR) is 70.9 cm³/mol. The first-order valence-electron chi connectivity index (χ1n) is 7.02. The number of fused-ring (bicyclic) bond motifs is 1. The van der Waals surface area contributed by atoms with Crippen molar-refractivity contribution in [3.05, 3.63) is 35.6 Å². The molecule has 98 valence electrons. The van der Waals surface area contributed by atoms with Crippen molar-refractivity contribution in [2.24, 2.45) is 0 Å². The molecule has 2 aliphatic rings. The molecular weight excluding hydrogens is 227 g/mol. The Morgan fingerprint density at radius 1 is 1.17 bits per heavy atom. The molecule has 1 unspecified atom stereocenters.